The quantitative estimate of drug-likeness (QED) is 0.693. The van der Waals surface area contributed by atoms with E-state index in [4.69, 9.17) is 4.74 Å². The molecule has 0 aliphatic rings. The zero-order valence-electron chi connectivity index (χ0n) is 12.2. The highest BCUT2D eigenvalue weighted by molar-refractivity contribution is 5.30. The molecule has 2 atom stereocenters. The van der Waals surface area contributed by atoms with E-state index < -0.39 is 0 Å². The van der Waals surface area contributed by atoms with Crippen molar-refractivity contribution < 1.29 is 4.74 Å². The second-order valence-electron chi connectivity index (χ2n) is 5.06. The molecule has 1 N–H and O–H groups in total. The minimum Gasteiger partial charge on any atom is -0.497 e. The van der Waals surface area contributed by atoms with Crippen molar-refractivity contribution in [3.63, 3.8) is 0 Å². The summed E-state index contributed by atoms with van der Waals surface area (Å²) in [7, 11) is 1.71. The number of methoxy groups -OCH3 is 1. The topological polar surface area (TPSA) is 21.3 Å². The fraction of sp³-hybridized carbons (Fsp3) is 0.625. The lowest BCUT2D eigenvalue weighted by atomic mass is 10.0. The molecule has 2 nitrogen and oxygen atoms in total. The molecule has 18 heavy (non-hydrogen) atoms. The van der Waals surface area contributed by atoms with Gasteiger partial charge in [0, 0.05) is 12.1 Å². The van der Waals surface area contributed by atoms with Crippen LogP contribution in [0.4, 0.5) is 0 Å². The molecule has 1 rings (SSSR count). The van der Waals surface area contributed by atoms with Crippen LogP contribution in [0.3, 0.4) is 0 Å². The van der Waals surface area contributed by atoms with Crippen LogP contribution in [0.5, 0.6) is 5.75 Å². The molecule has 0 saturated carbocycles. The third-order valence-corrected chi connectivity index (χ3v) is 3.37. The van der Waals surface area contributed by atoms with Crippen molar-refractivity contribution >= 4 is 0 Å². The van der Waals surface area contributed by atoms with Gasteiger partial charge in [0.25, 0.3) is 0 Å². The van der Waals surface area contributed by atoms with E-state index in [1.807, 2.05) is 12.1 Å². The summed E-state index contributed by atoms with van der Waals surface area (Å²) in [5.41, 5.74) is 1.29. The Morgan fingerprint density at radius 2 is 2.00 bits per heavy atom. The minimum absolute atomic E-state index is 0.372. The molecule has 0 spiro atoms. The van der Waals surface area contributed by atoms with Gasteiger partial charge in [0.15, 0.2) is 0 Å². The summed E-state index contributed by atoms with van der Waals surface area (Å²) in [6.07, 6.45) is 5.19. The van der Waals surface area contributed by atoms with Crippen molar-refractivity contribution in [1.29, 1.82) is 0 Å². The van der Waals surface area contributed by atoms with Crippen molar-refractivity contribution in [3.8, 4) is 5.75 Å². The van der Waals surface area contributed by atoms with Crippen LogP contribution in [-0.4, -0.2) is 13.2 Å². The maximum absolute atomic E-state index is 5.26. The van der Waals surface area contributed by atoms with Crippen LogP contribution in [0.1, 0.15) is 58.1 Å². The SMILES string of the molecule is CCCCCC(C)N[C@@H](C)c1cccc(OC)c1. The van der Waals surface area contributed by atoms with E-state index >= 15 is 0 Å². The van der Waals surface area contributed by atoms with E-state index in [0.717, 1.165) is 5.75 Å². The summed E-state index contributed by atoms with van der Waals surface area (Å²) in [6, 6.07) is 9.24. The van der Waals surface area contributed by atoms with Gasteiger partial charge in [-0.3, -0.25) is 0 Å². The summed E-state index contributed by atoms with van der Waals surface area (Å²) < 4.78 is 5.26. The van der Waals surface area contributed by atoms with Crippen LogP contribution in [0.25, 0.3) is 0 Å². The normalized spacial score (nSPS) is 14.2. The largest absolute Gasteiger partial charge is 0.497 e. The Morgan fingerprint density at radius 3 is 2.67 bits per heavy atom. The van der Waals surface area contributed by atoms with Crippen LogP contribution in [-0.2, 0) is 0 Å². The molecular formula is C16H27NO. The smallest absolute Gasteiger partial charge is 0.119 e. The minimum atomic E-state index is 0.372. The molecule has 0 radical (unpaired) electrons. The van der Waals surface area contributed by atoms with Crippen LogP contribution in [0.2, 0.25) is 0 Å². The number of benzene rings is 1. The van der Waals surface area contributed by atoms with E-state index in [1.165, 1.54) is 31.2 Å². The first-order valence-corrected chi connectivity index (χ1v) is 7.07. The van der Waals surface area contributed by atoms with Crippen LogP contribution < -0.4 is 10.1 Å². The zero-order chi connectivity index (χ0) is 13.4. The molecule has 0 fully saturated rings. The number of hydrogen-bond donors (Lipinski definition) is 1. The molecule has 2 heteroatoms. The van der Waals surface area contributed by atoms with Crippen LogP contribution in [0.15, 0.2) is 24.3 Å². The summed E-state index contributed by atoms with van der Waals surface area (Å²) in [4.78, 5) is 0. The lowest BCUT2D eigenvalue weighted by Crippen LogP contribution is -2.28. The fourth-order valence-corrected chi connectivity index (χ4v) is 2.22. The summed E-state index contributed by atoms with van der Waals surface area (Å²) in [6.45, 7) is 6.73. The number of nitrogens with one attached hydrogen (secondary N) is 1. The second kappa shape index (κ2) is 8.15. The van der Waals surface area contributed by atoms with Gasteiger partial charge in [-0.1, -0.05) is 38.3 Å². The highest BCUT2D eigenvalue weighted by atomic mass is 16.5. The van der Waals surface area contributed by atoms with Gasteiger partial charge in [0.2, 0.25) is 0 Å². The number of unbranched alkanes of at least 4 members (excludes halogenated alkanes) is 2. The van der Waals surface area contributed by atoms with Gasteiger partial charge in [-0.25, -0.2) is 0 Å². The molecule has 0 bridgehead atoms. The predicted octanol–water partition coefficient (Wildman–Crippen LogP) is 4.31. The zero-order valence-corrected chi connectivity index (χ0v) is 12.2. The van der Waals surface area contributed by atoms with E-state index in [0.29, 0.717) is 12.1 Å². The summed E-state index contributed by atoms with van der Waals surface area (Å²) in [5, 5.41) is 3.65. The first kappa shape index (κ1) is 15.0. The van der Waals surface area contributed by atoms with E-state index in [2.05, 4.69) is 38.2 Å². The first-order valence-electron chi connectivity index (χ1n) is 7.07. The van der Waals surface area contributed by atoms with Gasteiger partial charge in [-0.05, 0) is 38.0 Å². The predicted molar refractivity (Wildman–Crippen MR) is 78.1 cm³/mol. The first-order chi connectivity index (χ1) is 8.67. The molecule has 0 aliphatic heterocycles. The van der Waals surface area contributed by atoms with Gasteiger partial charge >= 0.3 is 0 Å². The number of hydrogen-bond acceptors (Lipinski definition) is 2. The number of ether oxygens (including phenoxy) is 1. The van der Waals surface area contributed by atoms with Crippen molar-refractivity contribution in [1.82, 2.24) is 5.32 Å². The van der Waals surface area contributed by atoms with E-state index in [-0.39, 0.29) is 0 Å². The standard InChI is InChI=1S/C16H27NO/c1-5-6-7-9-13(2)17-14(3)15-10-8-11-16(12-15)18-4/h8,10-14,17H,5-7,9H2,1-4H3/t13?,14-/m0/s1. The third-order valence-electron chi connectivity index (χ3n) is 3.37. The molecule has 0 saturated heterocycles. The molecular weight excluding hydrogens is 222 g/mol. The summed E-state index contributed by atoms with van der Waals surface area (Å²) >= 11 is 0. The van der Waals surface area contributed by atoms with Crippen LogP contribution in [0, 0.1) is 0 Å². The molecule has 102 valence electrons. The molecule has 1 aromatic carbocycles. The van der Waals surface area contributed by atoms with Crippen molar-refractivity contribution in [2.75, 3.05) is 7.11 Å². The highest BCUT2D eigenvalue weighted by Gasteiger charge is 2.09. The highest BCUT2D eigenvalue weighted by Crippen LogP contribution is 2.19. The van der Waals surface area contributed by atoms with Gasteiger partial charge in [-0.2, -0.15) is 0 Å². The number of rotatable bonds is 8. The van der Waals surface area contributed by atoms with Gasteiger partial charge in [-0.15, -0.1) is 0 Å². The maximum atomic E-state index is 5.26. The molecule has 0 aliphatic carbocycles. The summed E-state index contributed by atoms with van der Waals surface area (Å²) in [5.74, 6) is 0.930. The Kier molecular flexibility index (Phi) is 6.81. The molecule has 0 amide bonds. The Morgan fingerprint density at radius 1 is 1.22 bits per heavy atom. The lowest BCUT2D eigenvalue weighted by molar-refractivity contribution is 0.410. The maximum Gasteiger partial charge on any atom is 0.119 e. The fourth-order valence-electron chi connectivity index (χ4n) is 2.22. The van der Waals surface area contributed by atoms with Crippen molar-refractivity contribution in [2.24, 2.45) is 0 Å². The van der Waals surface area contributed by atoms with Gasteiger partial charge in [0.1, 0.15) is 5.75 Å². The monoisotopic (exact) mass is 249 g/mol. The van der Waals surface area contributed by atoms with Gasteiger partial charge in [0.05, 0.1) is 7.11 Å². The molecule has 1 unspecified atom stereocenters. The Labute approximate surface area is 112 Å². The van der Waals surface area contributed by atoms with Crippen molar-refractivity contribution in [3.05, 3.63) is 29.8 Å². The third kappa shape index (κ3) is 5.09. The lowest BCUT2D eigenvalue weighted by Gasteiger charge is -2.20. The average molecular weight is 249 g/mol. The van der Waals surface area contributed by atoms with E-state index in [1.54, 1.807) is 7.11 Å². The molecule has 1 aromatic rings. The van der Waals surface area contributed by atoms with Crippen molar-refractivity contribution in [2.45, 2.75) is 58.5 Å². The second-order valence-corrected chi connectivity index (χ2v) is 5.06. The Balaban J connectivity index is 2.45. The Bertz CT molecular complexity index is 338. The molecule has 0 aromatic heterocycles. The van der Waals surface area contributed by atoms with Gasteiger partial charge < -0.3 is 10.1 Å². The molecule has 0 heterocycles. The van der Waals surface area contributed by atoms with E-state index in [9.17, 15) is 0 Å². The van der Waals surface area contributed by atoms with Crippen LogP contribution >= 0.6 is 0 Å². The Hall–Kier alpha value is -1.02. The average Bonchev–Trinajstić information content (AvgIpc) is 2.39.